The molecule has 0 aliphatic carbocycles. The standard InChI is InChI=1S/C20H15F2N3O2/c1-12(26)13-3-2-4-14(9-13)24-16-6-8-19(23-11-16)20(27)25-15-5-7-17(21)18(22)10-15/h2-11,24H,1H3,(H,25,27). The van der Waals surface area contributed by atoms with Crippen molar-refractivity contribution in [3.05, 3.63) is 83.7 Å². The summed E-state index contributed by atoms with van der Waals surface area (Å²) >= 11 is 0. The molecule has 0 radical (unpaired) electrons. The Morgan fingerprint density at radius 1 is 0.889 bits per heavy atom. The van der Waals surface area contributed by atoms with Crippen LogP contribution in [-0.2, 0) is 0 Å². The van der Waals surface area contributed by atoms with Crippen molar-refractivity contribution in [2.24, 2.45) is 0 Å². The Balaban J connectivity index is 1.69. The Bertz CT molecular complexity index is 1000. The lowest BCUT2D eigenvalue weighted by atomic mass is 10.1. The predicted octanol–water partition coefficient (Wildman–Crippen LogP) is 4.56. The molecule has 0 fully saturated rings. The van der Waals surface area contributed by atoms with Crippen molar-refractivity contribution in [1.29, 1.82) is 0 Å². The van der Waals surface area contributed by atoms with Crippen LogP contribution in [0.25, 0.3) is 0 Å². The fourth-order valence-electron chi connectivity index (χ4n) is 2.35. The van der Waals surface area contributed by atoms with E-state index in [0.29, 0.717) is 16.9 Å². The van der Waals surface area contributed by atoms with Crippen LogP contribution < -0.4 is 10.6 Å². The van der Waals surface area contributed by atoms with Gasteiger partial charge in [-0.2, -0.15) is 0 Å². The van der Waals surface area contributed by atoms with Crippen molar-refractivity contribution < 1.29 is 18.4 Å². The zero-order chi connectivity index (χ0) is 19.4. The molecule has 1 aromatic heterocycles. The van der Waals surface area contributed by atoms with E-state index in [1.54, 1.807) is 30.3 Å². The summed E-state index contributed by atoms with van der Waals surface area (Å²) in [5.41, 5.74) is 2.16. The first kappa shape index (κ1) is 18.2. The molecule has 0 saturated carbocycles. The molecule has 0 aliphatic rings. The maximum absolute atomic E-state index is 13.2. The van der Waals surface area contributed by atoms with E-state index in [0.717, 1.165) is 12.1 Å². The van der Waals surface area contributed by atoms with E-state index in [1.165, 1.54) is 25.3 Å². The van der Waals surface area contributed by atoms with Crippen molar-refractivity contribution >= 4 is 28.8 Å². The lowest BCUT2D eigenvalue weighted by Gasteiger charge is -2.09. The smallest absolute Gasteiger partial charge is 0.274 e. The molecular formula is C20H15F2N3O2. The first-order valence-electron chi connectivity index (χ1n) is 8.03. The van der Waals surface area contributed by atoms with E-state index < -0.39 is 17.5 Å². The fraction of sp³-hybridized carbons (Fsp3) is 0.0500. The highest BCUT2D eigenvalue weighted by atomic mass is 19.2. The Labute approximate surface area is 154 Å². The molecule has 0 saturated heterocycles. The van der Waals surface area contributed by atoms with Crippen LogP contribution >= 0.6 is 0 Å². The fourth-order valence-corrected chi connectivity index (χ4v) is 2.35. The lowest BCUT2D eigenvalue weighted by Crippen LogP contribution is -2.13. The molecule has 1 heterocycles. The number of Topliss-reactive ketones (excluding diaryl/α,β-unsaturated/α-hetero) is 1. The quantitative estimate of drug-likeness (QED) is 0.649. The summed E-state index contributed by atoms with van der Waals surface area (Å²) in [6.07, 6.45) is 1.46. The first-order valence-corrected chi connectivity index (χ1v) is 8.03. The molecule has 27 heavy (non-hydrogen) atoms. The summed E-state index contributed by atoms with van der Waals surface area (Å²) in [4.78, 5) is 27.6. The van der Waals surface area contributed by atoms with Gasteiger partial charge in [-0.1, -0.05) is 12.1 Å². The number of amides is 1. The van der Waals surface area contributed by atoms with Crippen molar-refractivity contribution in [3.8, 4) is 0 Å². The van der Waals surface area contributed by atoms with Gasteiger partial charge < -0.3 is 10.6 Å². The number of rotatable bonds is 5. The zero-order valence-corrected chi connectivity index (χ0v) is 14.3. The predicted molar refractivity (Wildman–Crippen MR) is 98.3 cm³/mol. The van der Waals surface area contributed by atoms with E-state index in [1.807, 2.05) is 0 Å². The van der Waals surface area contributed by atoms with Crippen molar-refractivity contribution in [1.82, 2.24) is 4.98 Å². The average Bonchev–Trinajstić information content (AvgIpc) is 2.65. The number of carbonyl (C=O) groups is 2. The summed E-state index contributed by atoms with van der Waals surface area (Å²) < 4.78 is 26.1. The van der Waals surface area contributed by atoms with Gasteiger partial charge in [-0.3, -0.25) is 9.59 Å². The summed E-state index contributed by atoms with van der Waals surface area (Å²) in [5.74, 6) is -2.63. The van der Waals surface area contributed by atoms with Gasteiger partial charge in [-0.25, -0.2) is 13.8 Å². The van der Waals surface area contributed by atoms with Gasteiger partial charge in [0.25, 0.3) is 5.91 Å². The molecule has 1 amide bonds. The number of aromatic nitrogens is 1. The average molecular weight is 367 g/mol. The molecule has 5 nitrogen and oxygen atoms in total. The minimum absolute atomic E-state index is 0.0407. The maximum Gasteiger partial charge on any atom is 0.274 e. The van der Waals surface area contributed by atoms with Gasteiger partial charge in [-0.15, -0.1) is 0 Å². The summed E-state index contributed by atoms with van der Waals surface area (Å²) in [7, 11) is 0. The van der Waals surface area contributed by atoms with Crippen molar-refractivity contribution in [2.75, 3.05) is 10.6 Å². The van der Waals surface area contributed by atoms with Gasteiger partial charge in [-0.05, 0) is 43.3 Å². The number of anilines is 3. The molecule has 0 unspecified atom stereocenters. The second-order valence-electron chi connectivity index (χ2n) is 5.78. The van der Waals surface area contributed by atoms with E-state index >= 15 is 0 Å². The van der Waals surface area contributed by atoms with Crippen LogP contribution in [0, 0.1) is 11.6 Å². The van der Waals surface area contributed by atoms with Crippen molar-refractivity contribution in [3.63, 3.8) is 0 Å². The summed E-state index contributed by atoms with van der Waals surface area (Å²) in [5, 5.41) is 5.54. The molecule has 0 atom stereocenters. The Kier molecular flexibility index (Phi) is 5.21. The Hall–Kier alpha value is -3.61. The molecular weight excluding hydrogens is 352 g/mol. The number of carbonyl (C=O) groups excluding carboxylic acids is 2. The number of halogens is 2. The zero-order valence-electron chi connectivity index (χ0n) is 14.3. The molecule has 2 aromatic carbocycles. The SMILES string of the molecule is CC(=O)c1cccc(Nc2ccc(C(=O)Nc3ccc(F)c(F)c3)nc2)c1. The lowest BCUT2D eigenvalue weighted by molar-refractivity contribution is 0.101. The third-order valence-corrected chi connectivity index (χ3v) is 3.73. The maximum atomic E-state index is 13.2. The second kappa shape index (κ2) is 7.74. The number of pyridine rings is 1. The third kappa shape index (κ3) is 4.52. The molecule has 0 bridgehead atoms. The van der Waals surface area contributed by atoms with Crippen LogP contribution in [0.3, 0.4) is 0 Å². The monoisotopic (exact) mass is 367 g/mol. The molecule has 0 aliphatic heterocycles. The number of hydrogen-bond donors (Lipinski definition) is 2. The van der Waals surface area contributed by atoms with Crippen LogP contribution in [0.15, 0.2) is 60.8 Å². The van der Waals surface area contributed by atoms with Gasteiger partial charge in [0.2, 0.25) is 0 Å². The highest BCUT2D eigenvalue weighted by Gasteiger charge is 2.10. The highest BCUT2D eigenvalue weighted by molar-refractivity contribution is 6.03. The van der Waals surface area contributed by atoms with Crippen LogP contribution in [0.5, 0.6) is 0 Å². The van der Waals surface area contributed by atoms with E-state index in [4.69, 9.17) is 0 Å². The number of ketones is 1. The van der Waals surface area contributed by atoms with Crippen LogP contribution in [0.2, 0.25) is 0 Å². The molecule has 3 aromatic rings. The normalized spacial score (nSPS) is 10.3. The minimum atomic E-state index is -1.05. The van der Waals surface area contributed by atoms with E-state index in [9.17, 15) is 18.4 Å². The first-order chi connectivity index (χ1) is 12.9. The summed E-state index contributed by atoms with van der Waals surface area (Å²) in [6, 6.07) is 13.2. The minimum Gasteiger partial charge on any atom is -0.354 e. The Morgan fingerprint density at radius 2 is 1.67 bits per heavy atom. The van der Waals surface area contributed by atoms with E-state index in [2.05, 4.69) is 15.6 Å². The highest BCUT2D eigenvalue weighted by Crippen LogP contribution is 2.18. The molecule has 3 rings (SSSR count). The molecule has 136 valence electrons. The molecule has 2 N–H and O–H groups in total. The summed E-state index contributed by atoms with van der Waals surface area (Å²) in [6.45, 7) is 1.49. The number of nitrogens with one attached hydrogen (secondary N) is 2. The van der Waals surface area contributed by atoms with Gasteiger partial charge in [0.1, 0.15) is 5.69 Å². The molecule has 0 spiro atoms. The third-order valence-electron chi connectivity index (χ3n) is 3.73. The van der Waals surface area contributed by atoms with Gasteiger partial charge >= 0.3 is 0 Å². The number of hydrogen-bond acceptors (Lipinski definition) is 4. The molecule has 7 heteroatoms. The largest absolute Gasteiger partial charge is 0.354 e. The van der Waals surface area contributed by atoms with Gasteiger partial charge in [0.15, 0.2) is 17.4 Å². The number of benzene rings is 2. The second-order valence-corrected chi connectivity index (χ2v) is 5.78. The topological polar surface area (TPSA) is 71.1 Å². The van der Waals surface area contributed by atoms with Gasteiger partial charge in [0.05, 0.1) is 11.9 Å². The van der Waals surface area contributed by atoms with Crippen LogP contribution in [0.4, 0.5) is 25.8 Å². The number of nitrogens with zero attached hydrogens (tertiary/aromatic N) is 1. The van der Waals surface area contributed by atoms with E-state index in [-0.39, 0.29) is 17.2 Å². The Morgan fingerprint density at radius 3 is 2.33 bits per heavy atom. The van der Waals surface area contributed by atoms with Crippen LogP contribution in [-0.4, -0.2) is 16.7 Å². The van der Waals surface area contributed by atoms with Gasteiger partial charge in [0, 0.05) is 23.0 Å². The van der Waals surface area contributed by atoms with Crippen molar-refractivity contribution in [2.45, 2.75) is 6.92 Å². The van der Waals surface area contributed by atoms with Crippen LogP contribution in [0.1, 0.15) is 27.8 Å².